The van der Waals surface area contributed by atoms with Crippen molar-refractivity contribution in [2.24, 2.45) is 5.73 Å². The van der Waals surface area contributed by atoms with Crippen molar-refractivity contribution < 1.29 is 23.9 Å². The number of benzene rings is 1. The van der Waals surface area contributed by atoms with E-state index in [9.17, 15) is 19.2 Å². The van der Waals surface area contributed by atoms with Crippen LogP contribution >= 0.6 is 0 Å². The molecule has 4 amide bonds. The van der Waals surface area contributed by atoms with Crippen LogP contribution in [-0.2, 0) is 19.1 Å². The second-order valence-electron chi connectivity index (χ2n) is 9.95. The number of carbonyl (C=O) groups is 4. The van der Waals surface area contributed by atoms with Crippen LogP contribution in [-0.4, -0.2) is 52.4 Å². The zero-order valence-corrected chi connectivity index (χ0v) is 20.7. The Labute approximate surface area is 196 Å². The van der Waals surface area contributed by atoms with Gasteiger partial charge in [0.25, 0.3) is 0 Å². The Morgan fingerprint density at radius 2 is 1.61 bits per heavy atom. The summed E-state index contributed by atoms with van der Waals surface area (Å²) in [6, 6.07) is 6.64. The van der Waals surface area contributed by atoms with Gasteiger partial charge in [0.05, 0.1) is 6.42 Å². The van der Waals surface area contributed by atoms with Crippen LogP contribution in [0.1, 0.15) is 72.9 Å². The third-order valence-electron chi connectivity index (χ3n) is 4.32. The molecule has 0 saturated carbocycles. The molecule has 0 radical (unpaired) electrons. The van der Waals surface area contributed by atoms with E-state index in [4.69, 9.17) is 10.5 Å². The number of nitrogens with zero attached hydrogens (tertiary/aromatic N) is 1. The van der Waals surface area contributed by atoms with Crippen LogP contribution in [0, 0.1) is 0 Å². The fraction of sp³-hybridized carbons (Fsp3) is 0.583. The maximum absolute atomic E-state index is 13.6. The van der Waals surface area contributed by atoms with E-state index in [1.807, 2.05) is 33.8 Å². The molecule has 0 spiro atoms. The minimum Gasteiger partial charge on any atom is -0.444 e. The Morgan fingerprint density at radius 1 is 1.03 bits per heavy atom. The molecule has 0 aliphatic rings. The lowest BCUT2D eigenvalue weighted by molar-refractivity contribution is -0.144. The average molecular weight is 463 g/mol. The first kappa shape index (κ1) is 27.9. The Bertz CT molecular complexity index is 827. The molecule has 9 nitrogen and oxygen atoms in total. The first-order valence-corrected chi connectivity index (χ1v) is 11.1. The van der Waals surface area contributed by atoms with Gasteiger partial charge in [-0.2, -0.15) is 0 Å². The summed E-state index contributed by atoms with van der Waals surface area (Å²) >= 11 is 0. The van der Waals surface area contributed by atoms with E-state index in [1.165, 1.54) is 4.90 Å². The number of carbonyl (C=O) groups excluding carboxylic acids is 4. The molecule has 9 heteroatoms. The summed E-state index contributed by atoms with van der Waals surface area (Å²) in [7, 11) is 0. The predicted molar refractivity (Wildman–Crippen MR) is 126 cm³/mol. The number of ether oxygens (including phenoxy) is 1. The zero-order chi connectivity index (χ0) is 25.4. The summed E-state index contributed by atoms with van der Waals surface area (Å²) in [4.78, 5) is 52.4. The standard InChI is InChI=1S/C24H38N4O5/c1-8-14-28(19(16-12-10-9-11-13-16)20(30)27-23(2,3)4)21(31)17(15-18(25)29)26-22(32)33-24(5,6)7/h9-13,17,19H,8,14-15H2,1-7H3,(H2,25,29)(H,26,32)(H,27,30). The van der Waals surface area contributed by atoms with Gasteiger partial charge in [0, 0.05) is 12.1 Å². The molecule has 0 bridgehead atoms. The van der Waals surface area contributed by atoms with Crippen LogP contribution in [0.2, 0.25) is 0 Å². The third-order valence-corrected chi connectivity index (χ3v) is 4.32. The first-order valence-electron chi connectivity index (χ1n) is 11.1. The van der Waals surface area contributed by atoms with Gasteiger partial charge in [0.2, 0.25) is 17.7 Å². The fourth-order valence-electron chi connectivity index (χ4n) is 3.20. The molecule has 0 fully saturated rings. The Hall–Kier alpha value is -3.10. The van der Waals surface area contributed by atoms with Crippen LogP contribution in [0.3, 0.4) is 0 Å². The number of hydrogen-bond acceptors (Lipinski definition) is 5. The number of hydrogen-bond donors (Lipinski definition) is 3. The molecule has 1 aromatic rings. The molecule has 1 rings (SSSR count). The van der Waals surface area contributed by atoms with Gasteiger partial charge in [0.1, 0.15) is 17.7 Å². The molecule has 0 aromatic heterocycles. The normalized spacial score (nSPS) is 13.4. The lowest BCUT2D eigenvalue weighted by Crippen LogP contribution is -2.55. The smallest absolute Gasteiger partial charge is 0.408 e. The average Bonchev–Trinajstić information content (AvgIpc) is 2.64. The summed E-state index contributed by atoms with van der Waals surface area (Å²) in [6.45, 7) is 12.7. The molecule has 0 aliphatic heterocycles. The van der Waals surface area contributed by atoms with Crippen molar-refractivity contribution in [2.75, 3.05) is 6.54 Å². The van der Waals surface area contributed by atoms with Crippen molar-refractivity contribution >= 4 is 23.8 Å². The van der Waals surface area contributed by atoms with E-state index in [2.05, 4.69) is 10.6 Å². The molecule has 184 valence electrons. The molecular weight excluding hydrogens is 424 g/mol. The van der Waals surface area contributed by atoms with E-state index in [-0.39, 0.29) is 12.5 Å². The second-order valence-corrected chi connectivity index (χ2v) is 9.95. The molecule has 0 aliphatic carbocycles. The Morgan fingerprint density at radius 3 is 2.06 bits per heavy atom. The van der Waals surface area contributed by atoms with Gasteiger partial charge >= 0.3 is 6.09 Å². The minimum absolute atomic E-state index is 0.223. The van der Waals surface area contributed by atoms with Gasteiger partial charge in [0.15, 0.2) is 0 Å². The molecule has 1 aromatic carbocycles. The quantitative estimate of drug-likeness (QED) is 0.519. The molecule has 33 heavy (non-hydrogen) atoms. The fourth-order valence-corrected chi connectivity index (χ4v) is 3.20. The van der Waals surface area contributed by atoms with Gasteiger partial charge in [-0.3, -0.25) is 14.4 Å². The van der Waals surface area contributed by atoms with E-state index >= 15 is 0 Å². The predicted octanol–water partition coefficient (Wildman–Crippen LogP) is 2.65. The number of nitrogens with two attached hydrogens (primary N) is 1. The van der Waals surface area contributed by atoms with Crippen LogP contribution < -0.4 is 16.4 Å². The highest BCUT2D eigenvalue weighted by molar-refractivity contribution is 5.94. The molecule has 4 N–H and O–H groups in total. The number of alkyl carbamates (subject to hydrolysis) is 1. The van der Waals surface area contributed by atoms with E-state index in [0.717, 1.165) is 0 Å². The lowest BCUT2D eigenvalue weighted by atomic mass is 10.00. The highest BCUT2D eigenvalue weighted by atomic mass is 16.6. The van der Waals surface area contributed by atoms with Crippen molar-refractivity contribution in [3.63, 3.8) is 0 Å². The molecule has 0 saturated heterocycles. The van der Waals surface area contributed by atoms with Gasteiger partial charge in [-0.1, -0.05) is 37.3 Å². The number of amides is 4. The van der Waals surface area contributed by atoms with Crippen molar-refractivity contribution in [1.82, 2.24) is 15.5 Å². The highest BCUT2D eigenvalue weighted by Gasteiger charge is 2.37. The van der Waals surface area contributed by atoms with E-state index < -0.39 is 47.6 Å². The maximum atomic E-state index is 13.6. The topological polar surface area (TPSA) is 131 Å². The monoisotopic (exact) mass is 462 g/mol. The van der Waals surface area contributed by atoms with E-state index in [0.29, 0.717) is 12.0 Å². The van der Waals surface area contributed by atoms with Crippen molar-refractivity contribution in [2.45, 2.75) is 84.5 Å². The third kappa shape index (κ3) is 9.93. The summed E-state index contributed by atoms with van der Waals surface area (Å²) in [5.41, 5.74) is 4.63. The highest BCUT2D eigenvalue weighted by Crippen LogP contribution is 2.24. The van der Waals surface area contributed by atoms with Gasteiger partial charge in [-0.15, -0.1) is 0 Å². The number of primary amides is 1. The second kappa shape index (κ2) is 11.7. The van der Waals surface area contributed by atoms with Gasteiger partial charge in [-0.25, -0.2) is 4.79 Å². The maximum Gasteiger partial charge on any atom is 0.408 e. The molecule has 2 unspecified atom stereocenters. The van der Waals surface area contributed by atoms with Crippen LogP contribution in [0.25, 0.3) is 0 Å². The molecule has 2 atom stereocenters. The molecule has 0 heterocycles. The van der Waals surface area contributed by atoms with Crippen molar-refractivity contribution in [3.8, 4) is 0 Å². The Balaban J connectivity index is 3.39. The first-order chi connectivity index (χ1) is 15.1. The summed E-state index contributed by atoms with van der Waals surface area (Å²) < 4.78 is 5.25. The zero-order valence-electron chi connectivity index (χ0n) is 20.7. The van der Waals surface area contributed by atoms with Crippen LogP contribution in [0.5, 0.6) is 0 Å². The number of rotatable bonds is 9. The minimum atomic E-state index is -1.28. The lowest BCUT2D eigenvalue weighted by Gasteiger charge is -2.35. The van der Waals surface area contributed by atoms with Gasteiger partial charge < -0.3 is 26.0 Å². The number of nitrogens with one attached hydrogen (secondary N) is 2. The summed E-state index contributed by atoms with van der Waals surface area (Å²) in [6.07, 6.45) is -0.733. The van der Waals surface area contributed by atoms with E-state index in [1.54, 1.807) is 45.0 Å². The van der Waals surface area contributed by atoms with Crippen LogP contribution in [0.15, 0.2) is 30.3 Å². The summed E-state index contributed by atoms with van der Waals surface area (Å²) in [5.74, 6) is -1.73. The largest absolute Gasteiger partial charge is 0.444 e. The Kier molecular flexibility index (Phi) is 9.88. The van der Waals surface area contributed by atoms with Crippen LogP contribution in [0.4, 0.5) is 4.79 Å². The summed E-state index contributed by atoms with van der Waals surface area (Å²) in [5, 5.41) is 5.38. The van der Waals surface area contributed by atoms with Crippen molar-refractivity contribution in [3.05, 3.63) is 35.9 Å². The van der Waals surface area contributed by atoms with Crippen molar-refractivity contribution in [1.29, 1.82) is 0 Å². The van der Waals surface area contributed by atoms with Gasteiger partial charge in [-0.05, 0) is 53.5 Å². The molecular formula is C24H38N4O5. The SMILES string of the molecule is CCCN(C(=O)C(CC(N)=O)NC(=O)OC(C)(C)C)C(C(=O)NC(C)(C)C)c1ccccc1.